The summed E-state index contributed by atoms with van der Waals surface area (Å²) in [4.78, 5) is 14.4. The average Bonchev–Trinajstić information content (AvgIpc) is 3.32. The number of hydrogen-bond acceptors (Lipinski definition) is 7. The van der Waals surface area contributed by atoms with Gasteiger partial charge in [-0.15, -0.1) is 11.3 Å². The lowest BCUT2D eigenvalue weighted by atomic mass is 9.93. The number of halogens is 3. The molecule has 1 aromatic carbocycles. The number of thiazole rings is 1. The molecule has 1 aliphatic carbocycles. The fourth-order valence-corrected chi connectivity index (χ4v) is 5.97. The van der Waals surface area contributed by atoms with E-state index in [4.69, 9.17) is 9.97 Å². The van der Waals surface area contributed by atoms with Gasteiger partial charge in [0.2, 0.25) is 5.95 Å². The van der Waals surface area contributed by atoms with Gasteiger partial charge in [0.1, 0.15) is 10.6 Å². The van der Waals surface area contributed by atoms with Crippen molar-refractivity contribution in [1.82, 2.24) is 20.3 Å². The molecule has 2 aliphatic rings. The smallest absolute Gasteiger partial charge is 0.383 e. The summed E-state index contributed by atoms with van der Waals surface area (Å²) in [5, 5.41) is 18.5. The van der Waals surface area contributed by atoms with E-state index in [9.17, 15) is 18.3 Å². The van der Waals surface area contributed by atoms with Crippen LogP contribution in [0, 0.1) is 0 Å². The van der Waals surface area contributed by atoms with E-state index >= 15 is 0 Å². The van der Waals surface area contributed by atoms with Gasteiger partial charge in [-0.1, -0.05) is 31.4 Å². The van der Waals surface area contributed by atoms with Gasteiger partial charge in [-0.05, 0) is 57.0 Å². The molecule has 1 aliphatic heterocycles. The summed E-state index contributed by atoms with van der Waals surface area (Å²) in [6, 6.07) is 7.22. The van der Waals surface area contributed by atoms with Gasteiger partial charge in [0.25, 0.3) is 0 Å². The molecule has 3 aromatic rings. The second-order valence-electron chi connectivity index (χ2n) is 9.30. The number of benzene rings is 1. The van der Waals surface area contributed by atoms with Gasteiger partial charge < -0.3 is 15.7 Å². The third-order valence-corrected chi connectivity index (χ3v) is 8.02. The van der Waals surface area contributed by atoms with Crippen molar-refractivity contribution in [2.75, 3.05) is 18.4 Å². The minimum atomic E-state index is -4.46. The molecule has 2 fully saturated rings. The highest BCUT2D eigenvalue weighted by molar-refractivity contribution is 7.15. The minimum absolute atomic E-state index is 0.314. The summed E-state index contributed by atoms with van der Waals surface area (Å²) >= 11 is 1.29. The molecule has 0 bridgehead atoms. The van der Waals surface area contributed by atoms with E-state index in [1.165, 1.54) is 36.7 Å². The largest absolute Gasteiger partial charge is 0.416 e. The zero-order chi connectivity index (χ0) is 24.5. The Morgan fingerprint density at radius 1 is 1.06 bits per heavy atom. The molecule has 0 atom stereocenters. The first-order valence-corrected chi connectivity index (χ1v) is 12.9. The van der Waals surface area contributed by atoms with Crippen LogP contribution in [-0.4, -0.2) is 39.2 Å². The number of rotatable bonds is 5. The number of alkyl halides is 3. The van der Waals surface area contributed by atoms with E-state index in [-0.39, 0.29) is 0 Å². The van der Waals surface area contributed by atoms with Gasteiger partial charge in [0, 0.05) is 17.8 Å². The monoisotopic (exact) mass is 503 g/mol. The molecule has 1 saturated carbocycles. The molecule has 0 unspecified atom stereocenters. The van der Waals surface area contributed by atoms with Gasteiger partial charge >= 0.3 is 6.18 Å². The highest BCUT2D eigenvalue weighted by Gasteiger charge is 2.36. The van der Waals surface area contributed by atoms with E-state index in [2.05, 4.69) is 15.6 Å². The number of nitrogens with one attached hydrogen (secondary N) is 2. The van der Waals surface area contributed by atoms with Crippen molar-refractivity contribution in [2.24, 2.45) is 0 Å². The van der Waals surface area contributed by atoms with Crippen LogP contribution in [0.3, 0.4) is 0 Å². The lowest BCUT2D eigenvalue weighted by Gasteiger charge is -2.30. The standard InChI is InChI=1S/C25H28F3N5OS/c26-25(27,28)17-6-4-5-16(15-17)20-21(35-22(33-20)24(34)10-13-29-14-11-24)19-9-12-30-23(32-19)31-18-7-2-1-3-8-18/h4-6,9,12,15,18,29,34H,1-3,7-8,10-11,13-14H2,(H,30,31,32). The Morgan fingerprint density at radius 2 is 1.83 bits per heavy atom. The van der Waals surface area contributed by atoms with Crippen molar-refractivity contribution in [3.63, 3.8) is 0 Å². The quantitative estimate of drug-likeness (QED) is 0.420. The SMILES string of the molecule is OC1(c2nc(-c3cccc(C(F)(F)F)c3)c(-c3ccnc(NC4CCCCC4)n3)s2)CCNCC1. The zero-order valence-electron chi connectivity index (χ0n) is 19.2. The van der Waals surface area contributed by atoms with Crippen LogP contribution in [0.1, 0.15) is 55.5 Å². The van der Waals surface area contributed by atoms with Crippen molar-refractivity contribution in [3.05, 3.63) is 47.1 Å². The Balaban J connectivity index is 1.56. The maximum Gasteiger partial charge on any atom is 0.416 e. The summed E-state index contributed by atoms with van der Waals surface area (Å²) in [5.41, 5.74) is -0.549. The number of aliphatic hydroxyl groups is 1. The van der Waals surface area contributed by atoms with Gasteiger partial charge in [-0.2, -0.15) is 13.2 Å². The highest BCUT2D eigenvalue weighted by Crippen LogP contribution is 2.43. The van der Waals surface area contributed by atoms with Crippen LogP contribution in [0.2, 0.25) is 0 Å². The van der Waals surface area contributed by atoms with Crippen molar-refractivity contribution in [1.29, 1.82) is 0 Å². The van der Waals surface area contributed by atoms with E-state index in [1.807, 2.05) is 0 Å². The maximum absolute atomic E-state index is 13.4. The van der Waals surface area contributed by atoms with Crippen LogP contribution in [0.4, 0.5) is 19.1 Å². The fraction of sp³-hybridized carbons (Fsp3) is 0.480. The lowest BCUT2D eigenvalue weighted by Crippen LogP contribution is -2.39. The molecule has 6 nitrogen and oxygen atoms in total. The number of hydrogen-bond donors (Lipinski definition) is 3. The maximum atomic E-state index is 13.4. The Morgan fingerprint density at radius 3 is 2.57 bits per heavy atom. The third-order valence-electron chi connectivity index (χ3n) is 6.75. The Kier molecular flexibility index (Phi) is 6.78. The fourth-order valence-electron chi connectivity index (χ4n) is 4.77. The van der Waals surface area contributed by atoms with Crippen molar-refractivity contribution < 1.29 is 18.3 Å². The van der Waals surface area contributed by atoms with Crippen molar-refractivity contribution in [3.8, 4) is 21.8 Å². The van der Waals surface area contributed by atoms with E-state index in [0.717, 1.165) is 25.0 Å². The predicted molar refractivity (Wildman–Crippen MR) is 130 cm³/mol. The van der Waals surface area contributed by atoms with E-state index in [0.29, 0.717) is 64.8 Å². The second-order valence-corrected chi connectivity index (χ2v) is 10.3. The molecule has 10 heteroatoms. The summed E-state index contributed by atoms with van der Waals surface area (Å²) in [7, 11) is 0. The predicted octanol–water partition coefficient (Wildman–Crippen LogP) is 5.60. The summed E-state index contributed by atoms with van der Waals surface area (Å²) in [6.07, 6.45) is 3.87. The van der Waals surface area contributed by atoms with Crippen LogP contribution >= 0.6 is 11.3 Å². The van der Waals surface area contributed by atoms with Gasteiger partial charge in [-0.25, -0.2) is 15.0 Å². The first-order chi connectivity index (χ1) is 16.8. The first-order valence-electron chi connectivity index (χ1n) is 12.0. The van der Waals surface area contributed by atoms with Crippen LogP contribution in [0.25, 0.3) is 21.8 Å². The Bertz CT molecular complexity index is 1170. The topological polar surface area (TPSA) is 83.0 Å². The van der Waals surface area contributed by atoms with Crippen molar-refractivity contribution in [2.45, 2.75) is 62.8 Å². The lowest BCUT2D eigenvalue weighted by molar-refractivity contribution is -0.137. The normalized spacial score (nSPS) is 19.0. The first kappa shape index (κ1) is 24.1. The number of piperidine rings is 1. The molecule has 3 heterocycles. The molecular formula is C25H28F3N5OS. The van der Waals surface area contributed by atoms with Gasteiger partial charge in [0.05, 0.1) is 21.8 Å². The molecule has 2 aromatic heterocycles. The molecular weight excluding hydrogens is 475 g/mol. The molecule has 5 rings (SSSR count). The van der Waals surface area contributed by atoms with E-state index < -0.39 is 17.3 Å². The minimum Gasteiger partial charge on any atom is -0.383 e. The molecule has 0 radical (unpaired) electrons. The second kappa shape index (κ2) is 9.83. The van der Waals surface area contributed by atoms with Crippen LogP contribution < -0.4 is 10.6 Å². The number of nitrogens with zero attached hydrogens (tertiary/aromatic N) is 3. The molecule has 3 N–H and O–H groups in total. The number of anilines is 1. The summed E-state index contributed by atoms with van der Waals surface area (Å²) < 4.78 is 40.3. The number of aromatic nitrogens is 3. The van der Waals surface area contributed by atoms with Crippen LogP contribution in [-0.2, 0) is 11.8 Å². The van der Waals surface area contributed by atoms with Gasteiger partial charge in [-0.3, -0.25) is 0 Å². The molecule has 0 spiro atoms. The average molecular weight is 504 g/mol. The molecule has 1 saturated heterocycles. The van der Waals surface area contributed by atoms with Crippen molar-refractivity contribution >= 4 is 17.3 Å². The Hall–Kier alpha value is -2.56. The van der Waals surface area contributed by atoms with Gasteiger partial charge in [0.15, 0.2) is 0 Å². The highest BCUT2D eigenvalue weighted by atomic mass is 32.1. The molecule has 35 heavy (non-hydrogen) atoms. The van der Waals surface area contributed by atoms with Crippen LogP contribution in [0.5, 0.6) is 0 Å². The molecule has 186 valence electrons. The zero-order valence-corrected chi connectivity index (χ0v) is 20.1. The Labute approximate surface area is 206 Å². The van der Waals surface area contributed by atoms with E-state index in [1.54, 1.807) is 18.3 Å². The molecule has 0 amide bonds. The third kappa shape index (κ3) is 5.34. The summed E-state index contributed by atoms with van der Waals surface area (Å²) in [5.74, 6) is 0.500. The van der Waals surface area contributed by atoms with Crippen LogP contribution in [0.15, 0.2) is 36.5 Å². The summed E-state index contributed by atoms with van der Waals surface area (Å²) in [6.45, 7) is 1.29.